The van der Waals surface area contributed by atoms with Gasteiger partial charge in [-0.25, -0.2) is 15.0 Å². The highest BCUT2D eigenvalue weighted by atomic mass is 35.5. The third kappa shape index (κ3) is 2.39. The molecule has 1 aromatic carbocycles. The van der Waals surface area contributed by atoms with Crippen molar-refractivity contribution < 1.29 is 4.79 Å². The second-order valence-corrected chi connectivity index (χ2v) is 5.52. The quantitative estimate of drug-likeness (QED) is 0.593. The van der Waals surface area contributed by atoms with Crippen LogP contribution in [0.1, 0.15) is 17.3 Å². The van der Waals surface area contributed by atoms with Gasteiger partial charge >= 0.3 is 0 Å². The Morgan fingerprint density at radius 2 is 2.15 bits per heavy atom. The second-order valence-electron chi connectivity index (χ2n) is 4.08. The first kappa shape index (κ1) is 13.1. The number of Topliss-reactive ketones (excluding diaryl/α,β-unsaturated/α-hetero) is 1. The number of aromatic nitrogens is 4. The standard InChI is InChI=1S/C13H9ClN4OS/c1-7(19)8-2-3-10(9(14)4-8)20-13-11-12(16-5-15-11)17-6-18-13/h2-6H,1H3,(H,15,16,17,18). The molecule has 0 aliphatic heterocycles. The van der Waals surface area contributed by atoms with E-state index < -0.39 is 0 Å². The highest BCUT2D eigenvalue weighted by molar-refractivity contribution is 7.99. The highest BCUT2D eigenvalue weighted by Crippen LogP contribution is 2.34. The van der Waals surface area contributed by atoms with Gasteiger partial charge in [0.25, 0.3) is 0 Å². The van der Waals surface area contributed by atoms with Gasteiger partial charge in [-0.3, -0.25) is 4.79 Å². The summed E-state index contributed by atoms with van der Waals surface area (Å²) in [7, 11) is 0. The average molecular weight is 305 g/mol. The van der Waals surface area contributed by atoms with Crippen molar-refractivity contribution in [1.82, 2.24) is 19.9 Å². The summed E-state index contributed by atoms with van der Waals surface area (Å²) in [4.78, 5) is 27.5. The minimum absolute atomic E-state index is 0.0126. The molecule has 20 heavy (non-hydrogen) atoms. The number of rotatable bonds is 3. The van der Waals surface area contributed by atoms with Gasteiger partial charge in [-0.2, -0.15) is 0 Å². The molecule has 100 valence electrons. The molecule has 0 aliphatic carbocycles. The molecular formula is C13H9ClN4OS. The molecule has 0 saturated carbocycles. The summed E-state index contributed by atoms with van der Waals surface area (Å²) in [5, 5.41) is 1.26. The lowest BCUT2D eigenvalue weighted by molar-refractivity contribution is 0.101. The Kier molecular flexibility index (Phi) is 3.42. The van der Waals surface area contributed by atoms with Crippen LogP contribution in [0.4, 0.5) is 0 Å². The maximum atomic E-state index is 11.3. The molecule has 7 heteroatoms. The van der Waals surface area contributed by atoms with Gasteiger partial charge in [0.1, 0.15) is 16.9 Å². The first-order valence-corrected chi connectivity index (χ1v) is 6.97. The van der Waals surface area contributed by atoms with Crippen LogP contribution in [0.25, 0.3) is 11.2 Å². The smallest absolute Gasteiger partial charge is 0.181 e. The Bertz CT molecular complexity index is 802. The van der Waals surface area contributed by atoms with Crippen LogP contribution in [0.5, 0.6) is 0 Å². The molecule has 0 unspecified atom stereocenters. The van der Waals surface area contributed by atoms with Crippen molar-refractivity contribution in [2.24, 2.45) is 0 Å². The van der Waals surface area contributed by atoms with E-state index >= 15 is 0 Å². The Morgan fingerprint density at radius 3 is 2.90 bits per heavy atom. The van der Waals surface area contributed by atoms with Gasteiger partial charge in [0.15, 0.2) is 11.4 Å². The maximum Gasteiger partial charge on any atom is 0.181 e. The third-order valence-electron chi connectivity index (χ3n) is 2.73. The Balaban J connectivity index is 1.99. The van der Waals surface area contributed by atoms with Crippen molar-refractivity contribution in [2.75, 3.05) is 0 Å². The molecule has 2 aromatic heterocycles. The van der Waals surface area contributed by atoms with E-state index in [4.69, 9.17) is 11.6 Å². The van der Waals surface area contributed by atoms with Crippen LogP contribution in [0, 0.1) is 0 Å². The molecule has 0 fully saturated rings. The number of benzene rings is 1. The van der Waals surface area contributed by atoms with Crippen LogP contribution < -0.4 is 0 Å². The number of nitrogens with one attached hydrogen (secondary N) is 1. The van der Waals surface area contributed by atoms with E-state index in [0.29, 0.717) is 16.2 Å². The van der Waals surface area contributed by atoms with Crippen LogP contribution >= 0.6 is 23.4 Å². The lowest BCUT2D eigenvalue weighted by Crippen LogP contribution is -1.92. The number of carbonyl (C=O) groups is 1. The van der Waals surface area contributed by atoms with Crippen LogP contribution in [0.3, 0.4) is 0 Å². The summed E-state index contributed by atoms with van der Waals surface area (Å²) in [6.07, 6.45) is 3.03. The number of nitrogens with zero attached hydrogens (tertiary/aromatic N) is 3. The molecule has 1 N–H and O–H groups in total. The molecule has 3 aromatic rings. The minimum Gasteiger partial charge on any atom is -0.341 e. The normalized spacial score (nSPS) is 10.9. The molecule has 0 radical (unpaired) electrons. The van der Waals surface area contributed by atoms with Gasteiger partial charge < -0.3 is 4.98 Å². The zero-order chi connectivity index (χ0) is 14.1. The van der Waals surface area contributed by atoms with Crippen molar-refractivity contribution in [3.05, 3.63) is 41.4 Å². The number of fused-ring (bicyclic) bond motifs is 1. The summed E-state index contributed by atoms with van der Waals surface area (Å²) in [5.74, 6) is -0.0126. The number of hydrogen-bond acceptors (Lipinski definition) is 5. The predicted octanol–water partition coefficient (Wildman–Crippen LogP) is 3.36. The molecule has 2 heterocycles. The van der Waals surface area contributed by atoms with Crippen LogP contribution in [-0.4, -0.2) is 25.7 Å². The molecule has 0 saturated heterocycles. The van der Waals surface area contributed by atoms with Crippen molar-refractivity contribution in [3.8, 4) is 0 Å². The van der Waals surface area contributed by atoms with Crippen molar-refractivity contribution in [2.45, 2.75) is 16.8 Å². The third-order valence-corrected chi connectivity index (χ3v) is 4.24. The Labute approximate surface area is 123 Å². The summed E-state index contributed by atoms with van der Waals surface area (Å²) in [6, 6.07) is 5.23. The molecule has 0 amide bonds. The number of ketones is 1. The number of aromatic amines is 1. The van der Waals surface area contributed by atoms with Crippen molar-refractivity contribution >= 4 is 40.3 Å². The van der Waals surface area contributed by atoms with Gasteiger partial charge in [-0.1, -0.05) is 29.4 Å². The van der Waals surface area contributed by atoms with Crippen molar-refractivity contribution in [3.63, 3.8) is 0 Å². The van der Waals surface area contributed by atoms with Gasteiger partial charge in [-0.15, -0.1) is 0 Å². The molecule has 0 bridgehead atoms. The van der Waals surface area contributed by atoms with Gasteiger partial charge in [-0.05, 0) is 19.1 Å². The lowest BCUT2D eigenvalue weighted by Gasteiger charge is -2.05. The van der Waals surface area contributed by atoms with Gasteiger partial charge in [0, 0.05) is 10.5 Å². The molecule has 0 atom stereocenters. The van der Waals surface area contributed by atoms with E-state index in [1.54, 1.807) is 18.5 Å². The number of halogens is 1. The number of carbonyl (C=O) groups excluding carboxylic acids is 1. The van der Waals surface area contributed by atoms with E-state index in [2.05, 4.69) is 19.9 Å². The predicted molar refractivity (Wildman–Crippen MR) is 77.3 cm³/mol. The first-order chi connectivity index (χ1) is 9.65. The number of hydrogen-bond donors (Lipinski definition) is 1. The Morgan fingerprint density at radius 1 is 1.30 bits per heavy atom. The fourth-order valence-corrected chi connectivity index (χ4v) is 2.88. The minimum atomic E-state index is -0.0126. The molecule has 3 rings (SSSR count). The average Bonchev–Trinajstić information content (AvgIpc) is 2.90. The largest absolute Gasteiger partial charge is 0.341 e. The summed E-state index contributed by atoms with van der Waals surface area (Å²) in [6.45, 7) is 1.51. The van der Waals surface area contributed by atoms with E-state index in [-0.39, 0.29) is 5.78 Å². The Hall–Kier alpha value is -1.92. The molecule has 5 nitrogen and oxygen atoms in total. The highest BCUT2D eigenvalue weighted by Gasteiger charge is 2.11. The zero-order valence-electron chi connectivity index (χ0n) is 10.4. The number of H-pyrrole nitrogens is 1. The lowest BCUT2D eigenvalue weighted by atomic mass is 10.1. The molecule has 0 aliphatic rings. The molecule has 0 spiro atoms. The fraction of sp³-hybridized carbons (Fsp3) is 0.0769. The van der Waals surface area contributed by atoms with E-state index in [1.807, 2.05) is 6.07 Å². The van der Waals surface area contributed by atoms with Gasteiger partial charge in [0.05, 0.1) is 11.3 Å². The van der Waals surface area contributed by atoms with Crippen molar-refractivity contribution in [1.29, 1.82) is 0 Å². The summed E-state index contributed by atoms with van der Waals surface area (Å²) < 4.78 is 0. The first-order valence-electron chi connectivity index (χ1n) is 5.77. The second kappa shape index (κ2) is 5.22. The monoisotopic (exact) mass is 304 g/mol. The summed E-state index contributed by atoms with van der Waals surface area (Å²) in [5.41, 5.74) is 1.97. The van der Waals surface area contributed by atoms with Crippen LogP contribution in [-0.2, 0) is 0 Å². The van der Waals surface area contributed by atoms with E-state index in [1.165, 1.54) is 25.0 Å². The fourth-order valence-electron chi connectivity index (χ4n) is 1.73. The summed E-state index contributed by atoms with van der Waals surface area (Å²) >= 11 is 7.61. The molecular weight excluding hydrogens is 296 g/mol. The van der Waals surface area contributed by atoms with E-state index in [0.717, 1.165) is 15.4 Å². The zero-order valence-corrected chi connectivity index (χ0v) is 12.0. The van der Waals surface area contributed by atoms with Crippen LogP contribution in [0.2, 0.25) is 5.02 Å². The topological polar surface area (TPSA) is 71.5 Å². The van der Waals surface area contributed by atoms with Crippen LogP contribution in [0.15, 0.2) is 40.8 Å². The van der Waals surface area contributed by atoms with Gasteiger partial charge in [0.2, 0.25) is 0 Å². The van der Waals surface area contributed by atoms with E-state index in [9.17, 15) is 4.79 Å². The maximum absolute atomic E-state index is 11.3. The number of imidazole rings is 1. The SMILES string of the molecule is CC(=O)c1ccc(Sc2ncnc3nc[nH]c23)c(Cl)c1.